The molecule has 1 aromatic carbocycles. The quantitative estimate of drug-likeness (QED) is 0.216. The van der Waals surface area contributed by atoms with Gasteiger partial charge in [0.25, 0.3) is 0 Å². The van der Waals surface area contributed by atoms with Crippen LogP contribution in [0.2, 0.25) is 5.02 Å². The van der Waals surface area contributed by atoms with Crippen LogP contribution in [0.25, 0.3) is 5.65 Å². The summed E-state index contributed by atoms with van der Waals surface area (Å²) in [4.78, 5) is 38.3. The van der Waals surface area contributed by atoms with Crippen LogP contribution in [0.5, 0.6) is 0 Å². The predicted molar refractivity (Wildman–Crippen MR) is 166 cm³/mol. The van der Waals surface area contributed by atoms with Gasteiger partial charge in [-0.3, -0.25) is 9.59 Å². The van der Waals surface area contributed by atoms with Crippen molar-refractivity contribution in [2.24, 2.45) is 5.92 Å². The molecule has 11 nitrogen and oxygen atoms in total. The second-order valence-electron chi connectivity index (χ2n) is 9.72. The Morgan fingerprint density at radius 3 is 2.50 bits per heavy atom. The van der Waals surface area contributed by atoms with Crippen molar-refractivity contribution in [1.29, 1.82) is 0 Å². The number of aromatic nitrogens is 5. The van der Waals surface area contributed by atoms with E-state index in [9.17, 15) is 9.59 Å². The number of pyridine rings is 1. The van der Waals surface area contributed by atoms with E-state index in [1.165, 1.54) is 6.33 Å². The molecular weight excluding hydrogens is 556 g/mol. The summed E-state index contributed by atoms with van der Waals surface area (Å²) in [5.41, 5.74) is 2.48. The molecule has 0 aliphatic heterocycles. The number of rotatable bonds is 11. The minimum absolute atomic E-state index is 0. The molecule has 2 aliphatic rings. The van der Waals surface area contributed by atoms with Crippen LogP contribution in [0.4, 0.5) is 17.3 Å². The van der Waals surface area contributed by atoms with Crippen molar-refractivity contribution in [3.8, 4) is 0 Å². The smallest absolute Gasteiger partial charge is 0.228 e. The van der Waals surface area contributed by atoms with E-state index in [1.807, 2.05) is 56.4 Å². The number of amides is 2. The molecule has 12 heteroatoms. The summed E-state index contributed by atoms with van der Waals surface area (Å²) in [7, 11) is 1.61. The number of nitrogens with zero attached hydrogens (tertiary/aromatic N) is 6. The lowest BCUT2D eigenvalue weighted by Crippen LogP contribution is -2.26. The fourth-order valence-corrected chi connectivity index (χ4v) is 4.20. The van der Waals surface area contributed by atoms with Crippen LogP contribution in [0.15, 0.2) is 55.0 Å². The number of methoxy groups -OCH3 is 1. The molecule has 0 unspecified atom stereocenters. The molecule has 4 aromatic rings. The normalized spacial score (nSPS) is 13.7. The molecule has 0 atom stereocenters. The van der Waals surface area contributed by atoms with Gasteiger partial charge in [-0.25, -0.2) is 19.5 Å². The van der Waals surface area contributed by atoms with E-state index in [0.29, 0.717) is 48.7 Å². The predicted octanol–water partition coefficient (Wildman–Crippen LogP) is 5.58. The highest BCUT2D eigenvalue weighted by atomic mass is 35.5. The first-order chi connectivity index (χ1) is 20.5. The van der Waals surface area contributed by atoms with Crippen LogP contribution >= 0.6 is 11.6 Å². The number of carbonyl (C=O) groups excluding carboxylic acids is 2. The topological polar surface area (TPSA) is 127 Å². The van der Waals surface area contributed by atoms with Crippen molar-refractivity contribution in [2.75, 3.05) is 35.8 Å². The molecule has 6 rings (SSSR count). The number of ether oxygens (including phenoxy) is 1. The van der Waals surface area contributed by atoms with E-state index in [0.717, 1.165) is 48.4 Å². The summed E-state index contributed by atoms with van der Waals surface area (Å²) >= 11 is 5.54. The van der Waals surface area contributed by atoms with Gasteiger partial charge in [-0.2, -0.15) is 0 Å². The molecule has 3 heterocycles. The molecule has 2 amide bonds. The van der Waals surface area contributed by atoms with Gasteiger partial charge in [0.05, 0.1) is 18.8 Å². The van der Waals surface area contributed by atoms with E-state index < -0.39 is 0 Å². The second-order valence-corrected chi connectivity index (χ2v) is 10.2. The summed E-state index contributed by atoms with van der Waals surface area (Å²) in [5, 5.41) is 11.4. The number of nitrogens with one attached hydrogen (secondary N) is 2. The fourth-order valence-electron chi connectivity index (χ4n) is 4.06. The van der Waals surface area contributed by atoms with Crippen molar-refractivity contribution < 1.29 is 15.8 Å². The van der Waals surface area contributed by atoms with Gasteiger partial charge in [0.2, 0.25) is 12.3 Å². The van der Waals surface area contributed by atoms with Gasteiger partial charge < -0.3 is 20.3 Å². The van der Waals surface area contributed by atoms with Gasteiger partial charge >= 0.3 is 0 Å². The first-order valence-corrected chi connectivity index (χ1v) is 14.6. The Hall–Kier alpha value is -4.09. The lowest BCUT2D eigenvalue weighted by atomic mass is 10.1. The lowest BCUT2D eigenvalue weighted by molar-refractivity contribution is -0.117. The zero-order valence-electron chi connectivity index (χ0n) is 24.2. The molecule has 2 aliphatic carbocycles. The van der Waals surface area contributed by atoms with Crippen molar-refractivity contribution in [3.05, 3.63) is 71.4 Å². The van der Waals surface area contributed by atoms with Crippen LogP contribution in [0.1, 0.15) is 58.3 Å². The summed E-state index contributed by atoms with van der Waals surface area (Å²) in [6, 6.07) is 13.2. The molecule has 0 radical (unpaired) electrons. The maximum Gasteiger partial charge on any atom is 0.228 e. The van der Waals surface area contributed by atoms with E-state index in [-0.39, 0.29) is 13.3 Å². The molecule has 0 spiro atoms. The third-order valence-electron chi connectivity index (χ3n) is 6.53. The zero-order chi connectivity index (χ0) is 29.9. The average molecular weight is 595 g/mol. The highest BCUT2D eigenvalue weighted by Gasteiger charge is 2.30. The fraction of sp³-hybridized carbons (Fsp3) is 0.400. The summed E-state index contributed by atoms with van der Waals surface area (Å²) in [6.07, 6.45) is 8.33. The number of halogens is 1. The van der Waals surface area contributed by atoms with Crippen LogP contribution in [-0.2, 0) is 20.9 Å². The molecule has 3 aromatic heterocycles. The maximum absolute atomic E-state index is 12.0. The highest BCUT2D eigenvalue weighted by Crippen LogP contribution is 2.41. The average Bonchev–Trinajstić information content (AvgIpc) is 3.95. The highest BCUT2D eigenvalue weighted by molar-refractivity contribution is 6.30. The van der Waals surface area contributed by atoms with Gasteiger partial charge in [-0.05, 0) is 55.4 Å². The van der Waals surface area contributed by atoms with Crippen molar-refractivity contribution in [1.82, 2.24) is 24.6 Å². The van der Waals surface area contributed by atoms with E-state index >= 15 is 0 Å². The first kappa shape index (κ1) is 30.9. The molecule has 224 valence electrons. The van der Waals surface area contributed by atoms with Gasteiger partial charge in [0, 0.05) is 38.3 Å². The van der Waals surface area contributed by atoms with Gasteiger partial charge in [0.15, 0.2) is 11.5 Å². The molecule has 2 saturated carbocycles. The molecular formula is C30H39ClN8O3. The molecule has 42 heavy (non-hydrogen) atoms. The molecule has 0 bridgehead atoms. The van der Waals surface area contributed by atoms with E-state index in [1.54, 1.807) is 22.6 Å². The lowest BCUT2D eigenvalue weighted by Gasteiger charge is -2.18. The largest absolute Gasteiger partial charge is 0.383 e. The maximum atomic E-state index is 12.0. The summed E-state index contributed by atoms with van der Waals surface area (Å²) in [5.74, 6) is 2.17. The van der Waals surface area contributed by atoms with Crippen LogP contribution in [-0.4, -0.2) is 57.1 Å². The number of benzene rings is 1. The number of hydrogen-bond acceptors (Lipinski definition) is 8. The van der Waals surface area contributed by atoms with Crippen molar-refractivity contribution >= 4 is 46.9 Å². The number of fused-ring (bicyclic) bond motifs is 1. The van der Waals surface area contributed by atoms with Gasteiger partial charge in [-0.15, -0.1) is 5.10 Å². The van der Waals surface area contributed by atoms with E-state index in [2.05, 4.69) is 30.7 Å². The third-order valence-corrected chi connectivity index (χ3v) is 6.78. The molecule has 2 fully saturated rings. The Bertz CT molecular complexity index is 1460. The number of carbonyl (C=O) groups is 2. The second kappa shape index (κ2) is 15.2. The van der Waals surface area contributed by atoms with Crippen LogP contribution < -0.4 is 15.5 Å². The summed E-state index contributed by atoms with van der Waals surface area (Å²) < 4.78 is 6.89. The van der Waals surface area contributed by atoms with E-state index in [4.69, 9.17) is 16.3 Å². The van der Waals surface area contributed by atoms with Gasteiger partial charge in [0.1, 0.15) is 18.0 Å². The Labute approximate surface area is 252 Å². The van der Waals surface area contributed by atoms with Crippen molar-refractivity contribution in [2.45, 2.75) is 52.0 Å². The first-order valence-electron chi connectivity index (χ1n) is 14.2. The Balaban J connectivity index is 0.000000441. The minimum Gasteiger partial charge on any atom is -0.383 e. The number of anilines is 3. The standard InChI is InChI=1S/C22H26N8O3.C6H5Cl.C2H6.H2/c1-33-7-6-29(13-31)17-8-16(14-2-3-14)11-30-21(17)26-20(28-30)10-23-18-9-19(25-12-24-18)27-22(32)15-4-5-15;7-6-4-2-1-3-5-6;1-2;/h8-9,11-15H,2-7,10H2,1H3,(H2,23,24,25,27,32);1-5H;1-2H3;1H. The SMILES string of the molecule is CC.COCCN(C=O)c1cc(C2CC2)cn2nc(CNc3cc(NC(=O)C4CC4)ncn3)nc12.Clc1ccccc1.[HH]. The zero-order valence-corrected chi connectivity index (χ0v) is 24.9. The minimum atomic E-state index is -0.00568. The Kier molecular flexibility index (Phi) is 11.2. The third kappa shape index (κ3) is 8.70. The summed E-state index contributed by atoms with van der Waals surface area (Å²) in [6.45, 7) is 5.18. The van der Waals surface area contributed by atoms with Gasteiger partial charge in [-0.1, -0.05) is 43.6 Å². The Morgan fingerprint density at radius 1 is 1.14 bits per heavy atom. The Morgan fingerprint density at radius 2 is 1.88 bits per heavy atom. The monoisotopic (exact) mass is 594 g/mol. The van der Waals surface area contributed by atoms with Crippen LogP contribution in [0, 0.1) is 5.92 Å². The molecule has 0 saturated heterocycles. The molecule has 2 N–H and O–H groups in total. The number of hydrogen-bond donors (Lipinski definition) is 2. The van der Waals surface area contributed by atoms with Crippen molar-refractivity contribution in [3.63, 3.8) is 0 Å². The van der Waals surface area contributed by atoms with Crippen LogP contribution in [0.3, 0.4) is 0 Å².